The van der Waals surface area contributed by atoms with Crippen molar-refractivity contribution in [2.45, 2.75) is 31.8 Å². The Bertz CT molecular complexity index is 1100. The van der Waals surface area contributed by atoms with Crippen LogP contribution in [0.25, 0.3) is 10.2 Å². The van der Waals surface area contributed by atoms with Crippen molar-refractivity contribution in [3.63, 3.8) is 0 Å². The molecule has 1 saturated heterocycles. The molecule has 1 atom stereocenters. The molecular weight excluding hydrogens is 425 g/mol. The highest BCUT2D eigenvalue weighted by Gasteiger charge is 2.24. The van der Waals surface area contributed by atoms with Crippen molar-refractivity contribution in [2.75, 3.05) is 52.3 Å². The summed E-state index contributed by atoms with van der Waals surface area (Å²) in [4.78, 5) is 17.0. The zero-order valence-electron chi connectivity index (χ0n) is 18.7. The number of halogens is 1. The summed E-state index contributed by atoms with van der Waals surface area (Å²) in [5.41, 5.74) is 2.37. The van der Waals surface area contributed by atoms with E-state index in [0.717, 1.165) is 67.7 Å². The quantitative estimate of drug-likeness (QED) is 0.584. The number of aryl methyl sites for hydroxylation is 2. The molecule has 0 saturated carbocycles. The molecule has 1 aromatic carbocycles. The van der Waals surface area contributed by atoms with Crippen molar-refractivity contribution in [3.05, 3.63) is 51.9 Å². The number of nitrogens with zero attached hydrogens (tertiary/aromatic N) is 4. The maximum absolute atomic E-state index is 13.9. The smallest absolute Gasteiger partial charge is 0.146 e. The van der Waals surface area contributed by atoms with E-state index < -0.39 is 0 Å². The normalized spacial score (nSPS) is 17.8. The first-order valence-corrected chi connectivity index (χ1v) is 12.2. The molecule has 1 aliphatic heterocycles. The fraction of sp³-hybridized carbons (Fsp3) is 0.500. The second kappa shape index (κ2) is 9.39. The van der Waals surface area contributed by atoms with Gasteiger partial charge in [0, 0.05) is 24.5 Å². The van der Waals surface area contributed by atoms with Gasteiger partial charge in [-0.3, -0.25) is 4.90 Å². The average Bonchev–Trinajstić information content (AvgIpc) is 3.35. The first-order valence-electron chi connectivity index (χ1n) is 11.4. The average molecular weight is 456 g/mol. The van der Waals surface area contributed by atoms with Gasteiger partial charge in [-0.1, -0.05) is 12.1 Å². The number of fused-ring (bicyclic) bond motifs is 3. The van der Waals surface area contributed by atoms with Crippen LogP contribution in [0, 0.1) is 5.82 Å². The number of anilines is 1. The Morgan fingerprint density at radius 3 is 2.84 bits per heavy atom. The number of hydrogen-bond donors (Lipinski definition) is 1. The van der Waals surface area contributed by atoms with E-state index in [9.17, 15) is 4.39 Å². The first-order chi connectivity index (χ1) is 15.6. The number of rotatable bonds is 7. The summed E-state index contributed by atoms with van der Waals surface area (Å²) >= 11 is 1.82. The molecule has 2 aliphatic rings. The summed E-state index contributed by atoms with van der Waals surface area (Å²) in [6.07, 6.45) is 3.44. The molecule has 3 aromatic rings. The van der Waals surface area contributed by atoms with Crippen molar-refractivity contribution < 1.29 is 9.13 Å². The summed E-state index contributed by atoms with van der Waals surface area (Å²) < 4.78 is 19.4. The third-order valence-electron chi connectivity index (χ3n) is 6.40. The van der Waals surface area contributed by atoms with Gasteiger partial charge in [0.2, 0.25) is 0 Å². The number of ether oxygens (including phenoxy) is 1. The SMILES string of the molecule is CN(C)[C@@H](CNc1nc(CN2CCOCC2)nc2sc3c(c12)CCC3)c1cccc(F)c1. The standard InChI is InChI=1S/C24H30FN5OS/c1-29(2)19(16-5-3-6-17(25)13-16)14-26-23-22-18-7-4-8-20(18)32-24(22)28-21(27-23)15-30-9-11-31-12-10-30/h3,5-6,13,19H,4,7-12,14-15H2,1-2H3,(H,26,27,28)/t19-/m0/s1. The van der Waals surface area contributed by atoms with Gasteiger partial charge in [0.15, 0.2) is 0 Å². The van der Waals surface area contributed by atoms with Crippen LogP contribution < -0.4 is 5.32 Å². The zero-order valence-corrected chi connectivity index (χ0v) is 19.6. The van der Waals surface area contributed by atoms with Crippen molar-refractivity contribution in [1.82, 2.24) is 19.8 Å². The summed E-state index contributed by atoms with van der Waals surface area (Å²) in [6.45, 7) is 4.72. The second-order valence-corrected chi connectivity index (χ2v) is 9.91. The van der Waals surface area contributed by atoms with Crippen LogP contribution in [0.15, 0.2) is 24.3 Å². The maximum Gasteiger partial charge on any atom is 0.146 e. The summed E-state index contributed by atoms with van der Waals surface area (Å²) in [7, 11) is 4.05. The zero-order chi connectivity index (χ0) is 22.1. The van der Waals surface area contributed by atoms with E-state index in [2.05, 4.69) is 15.1 Å². The van der Waals surface area contributed by atoms with Gasteiger partial charge in [0.1, 0.15) is 22.3 Å². The highest BCUT2D eigenvalue weighted by molar-refractivity contribution is 7.19. The molecule has 0 unspecified atom stereocenters. The lowest BCUT2D eigenvalue weighted by molar-refractivity contribution is 0.0331. The molecule has 0 spiro atoms. The number of likely N-dealkylation sites (N-methyl/N-ethyl adjacent to an activating group) is 1. The summed E-state index contributed by atoms with van der Waals surface area (Å²) in [6, 6.07) is 6.90. The lowest BCUT2D eigenvalue weighted by Crippen LogP contribution is -2.36. The minimum absolute atomic E-state index is 0.0325. The lowest BCUT2D eigenvalue weighted by atomic mass is 10.1. The Balaban J connectivity index is 1.45. The Morgan fingerprint density at radius 2 is 2.06 bits per heavy atom. The minimum Gasteiger partial charge on any atom is -0.379 e. The number of nitrogens with one attached hydrogen (secondary N) is 1. The molecule has 1 fully saturated rings. The van der Waals surface area contributed by atoms with Gasteiger partial charge in [-0.15, -0.1) is 11.3 Å². The first kappa shape index (κ1) is 21.7. The molecule has 0 amide bonds. The molecule has 5 rings (SSSR count). The third-order valence-corrected chi connectivity index (χ3v) is 7.59. The molecule has 8 heteroatoms. The van der Waals surface area contributed by atoms with Crippen LogP contribution in [0.2, 0.25) is 0 Å². The largest absolute Gasteiger partial charge is 0.379 e. The van der Waals surface area contributed by atoms with E-state index >= 15 is 0 Å². The molecule has 3 heterocycles. The van der Waals surface area contributed by atoms with Crippen molar-refractivity contribution in [1.29, 1.82) is 0 Å². The van der Waals surface area contributed by atoms with Gasteiger partial charge in [0.25, 0.3) is 0 Å². The third kappa shape index (κ3) is 4.50. The lowest BCUT2D eigenvalue weighted by Gasteiger charge is -2.27. The molecule has 170 valence electrons. The Hall–Kier alpha value is -2.13. The summed E-state index contributed by atoms with van der Waals surface area (Å²) in [5, 5.41) is 4.81. The van der Waals surface area contributed by atoms with Crippen LogP contribution in [0.3, 0.4) is 0 Å². The Kier molecular flexibility index (Phi) is 6.37. The van der Waals surface area contributed by atoms with Gasteiger partial charge in [0.05, 0.1) is 31.2 Å². The van der Waals surface area contributed by atoms with Crippen molar-refractivity contribution in [3.8, 4) is 0 Å². The van der Waals surface area contributed by atoms with Crippen LogP contribution in [-0.4, -0.2) is 66.7 Å². The minimum atomic E-state index is -0.206. The molecule has 32 heavy (non-hydrogen) atoms. The van der Waals surface area contributed by atoms with E-state index in [1.54, 1.807) is 12.1 Å². The summed E-state index contributed by atoms with van der Waals surface area (Å²) in [5.74, 6) is 1.57. The van der Waals surface area contributed by atoms with E-state index in [1.165, 1.54) is 28.3 Å². The van der Waals surface area contributed by atoms with Crippen LogP contribution in [-0.2, 0) is 24.1 Å². The Labute approximate surface area is 192 Å². The number of aromatic nitrogens is 2. The number of hydrogen-bond acceptors (Lipinski definition) is 7. The fourth-order valence-electron chi connectivity index (χ4n) is 4.70. The predicted molar refractivity (Wildman–Crippen MR) is 127 cm³/mol. The molecule has 1 aliphatic carbocycles. The van der Waals surface area contributed by atoms with Crippen molar-refractivity contribution in [2.24, 2.45) is 0 Å². The van der Waals surface area contributed by atoms with Crippen LogP contribution in [0.5, 0.6) is 0 Å². The Morgan fingerprint density at radius 1 is 1.22 bits per heavy atom. The van der Waals surface area contributed by atoms with Gasteiger partial charge in [-0.2, -0.15) is 0 Å². The maximum atomic E-state index is 13.9. The molecule has 1 N–H and O–H groups in total. The fourth-order valence-corrected chi connectivity index (χ4v) is 5.98. The molecule has 0 radical (unpaired) electrons. The number of morpholine rings is 1. The predicted octanol–water partition coefficient (Wildman–Crippen LogP) is 3.87. The van der Waals surface area contributed by atoms with Crippen LogP contribution in [0.4, 0.5) is 10.2 Å². The van der Waals surface area contributed by atoms with Gasteiger partial charge < -0.3 is 15.0 Å². The van der Waals surface area contributed by atoms with Gasteiger partial charge in [-0.05, 0) is 56.6 Å². The van der Waals surface area contributed by atoms with E-state index in [-0.39, 0.29) is 11.9 Å². The number of thiophene rings is 1. The van der Waals surface area contributed by atoms with Crippen LogP contribution in [0.1, 0.15) is 34.3 Å². The molecule has 6 nitrogen and oxygen atoms in total. The topological polar surface area (TPSA) is 53.5 Å². The van der Waals surface area contributed by atoms with Gasteiger partial charge >= 0.3 is 0 Å². The highest BCUT2D eigenvalue weighted by atomic mass is 32.1. The van der Waals surface area contributed by atoms with E-state index in [0.29, 0.717) is 6.54 Å². The second-order valence-electron chi connectivity index (χ2n) is 8.83. The monoisotopic (exact) mass is 455 g/mol. The van der Waals surface area contributed by atoms with Crippen molar-refractivity contribution >= 4 is 27.4 Å². The molecular formula is C24H30FN5OS. The number of benzene rings is 1. The molecule has 2 aromatic heterocycles. The van der Waals surface area contributed by atoms with Gasteiger partial charge in [-0.25, -0.2) is 14.4 Å². The van der Waals surface area contributed by atoms with E-state index in [1.807, 2.05) is 31.5 Å². The highest BCUT2D eigenvalue weighted by Crippen LogP contribution is 2.39. The van der Waals surface area contributed by atoms with Crippen LogP contribution >= 0.6 is 11.3 Å². The molecule has 0 bridgehead atoms. The van der Waals surface area contributed by atoms with E-state index in [4.69, 9.17) is 14.7 Å².